The van der Waals surface area contributed by atoms with Gasteiger partial charge in [-0.2, -0.15) is 0 Å². The zero-order valence-electron chi connectivity index (χ0n) is 11.7. The lowest BCUT2D eigenvalue weighted by molar-refractivity contribution is -0.113. The third kappa shape index (κ3) is 4.88. The zero-order valence-corrected chi connectivity index (χ0v) is 12.5. The molecule has 2 N–H and O–H groups in total. The highest BCUT2D eigenvalue weighted by Crippen LogP contribution is 2.19. The highest BCUT2D eigenvalue weighted by Gasteiger charge is 2.06. The molecule has 0 heterocycles. The molecule has 0 unspecified atom stereocenters. The quantitative estimate of drug-likeness (QED) is 0.805. The number of amides is 1. The van der Waals surface area contributed by atoms with Crippen LogP contribution in [0.25, 0.3) is 0 Å². The summed E-state index contributed by atoms with van der Waals surface area (Å²) in [6.45, 7) is 0.818. The van der Waals surface area contributed by atoms with E-state index in [-0.39, 0.29) is 17.3 Å². The van der Waals surface area contributed by atoms with Crippen molar-refractivity contribution in [2.45, 2.75) is 11.4 Å². The third-order valence-corrected chi connectivity index (χ3v) is 3.83. The Hall–Kier alpha value is -1.85. The Balaban J connectivity index is 1.85. The maximum Gasteiger partial charge on any atom is 0.234 e. The molecule has 2 aromatic rings. The van der Waals surface area contributed by atoms with Crippen LogP contribution in [0.5, 0.6) is 0 Å². The second-order valence-electron chi connectivity index (χ2n) is 4.49. The van der Waals surface area contributed by atoms with Gasteiger partial charge in [-0.25, -0.2) is 4.39 Å². The number of hydrogen-bond donors (Lipinski definition) is 2. The second-order valence-corrected chi connectivity index (χ2v) is 5.54. The van der Waals surface area contributed by atoms with Crippen molar-refractivity contribution in [3.8, 4) is 0 Å². The Bertz CT molecular complexity index is 601. The minimum atomic E-state index is -0.424. The van der Waals surface area contributed by atoms with Gasteiger partial charge < -0.3 is 10.6 Å². The molecule has 0 aliphatic carbocycles. The van der Waals surface area contributed by atoms with Crippen molar-refractivity contribution in [3.63, 3.8) is 0 Å². The largest absolute Gasteiger partial charge is 0.323 e. The van der Waals surface area contributed by atoms with Crippen molar-refractivity contribution in [2.75, 3.05) is 18.1 Å². The van der Waals surface area contributed by atoms with E-state index >= 15 is 0 Å². The molecule has 1 amide bonds. The second kappa shape index (κ2) is 7.81. The van der Waals surface area contributed by atoms with E-state index in [9.17, 15) is 9.18 Å². The van der Waals surface area contributed by atoms with E-state index in [2.05, 4.69) is 10.6 Å². The Morgan fingerprint density at radius 3 is 2.52 bits per heavy atom. The summed E-state index contributed by atoms with van der Waals surface area (Å²) in [5, 5.41) is 5.65. The predicted octanol–water partition coefficient (Wildman–Crippen LogP) is 3.28. The highest BCUT2D eigenvalue weighted by atomic mass is 32.2. The summed E-state index contributed by atoms with van der Waals surface area (Å²) in [5.74, 6) is -0.392. The van der Waals surface area contributed by atoms with Gasteiger partial charge in [0.1, 0.15) is 5.82 Å². The van der Waals surface area contributed by atoms with Gasteiger partial charge in [0.05, 0.1) is 11.4 Å². The van der Waals surface area contributed by atoms with E-state index in [1.165, 1.54) is 23.4 Å². The Kier molecular flexibility index (Phi) is 5.78. The first kappa shape index (κ1) is 15.5. The number of para-hydroxylation sites is 1. The van der Waals surface area contributed by atoms with Crippen molar-refractivity contribution in [2.24, 2.45) is 0 Å². The number of benzene rings is 2. The van der Waals surface area contributed by atoms with E-state index in [4.69, 9.17) is 0 Å². The number of rotatable bonds is 6. The molecule has 0 aliphatic heterocycles. The molecule has 0 saturated carbocycles. The number of thioether (sulfide) groups is 1. The molecule has 0 aliphatic rings. The van der Waals surface area contributed by atoms with Gasteiger partial charge in [-0.1, -0.05) is 24.3 Å². The standard InChI is InChI=1S/C16H17FN2OS/c1-18-10-12-6-8-13(9-7-12)21-11-16(20)19-15-5-3-2-4-14(15)17/h2-9,18H,10-11H2,1H3,(H,19,20). The Morgan fingerprint density at radius 2 is 1.86 bits per heavy atom. The average Bonchev–Trinajstić information content (AvgIpc) is 2.49. The van der Waals surface area contributed by atoms with Gasteiger partial charge in [-0.05, 0) is 36.9 Å². The summed E-state index contributed by atoms with van der Waals surface area (Å²) in [4.78, 5) is 12.8. The summed E-state index contributed by atoms with van der Waals surface area (Å²) >= 11 is 1.43. The van der Waals surface area contributed by atoms with Gasteiger partial charge in [0.25, 0.3) is 0 Å². The first-order valence-electron chi connectivity index (χ1n) is 6.60. The number of anilines is 1. The fourth-order valence-corrected chi connectivity index (χ4v) is 2.50. The number of carbonyl (C=O) groups excluding carboxylic acids is 1. The van der Waals surface area contributed by atoms with Crippen LogP contribution in [-0.4, -0.2) is 18.7 Å². The molecule has 0 radical (unpaired) electrons. The molecule has 21 heavy (non-hydrogen) atoms. The van der Waals surface area contributed by atoms with E-state index < -0.39 is 5.82 Å². The molecule has 0 spiro atoms. The summed E-state index contributed by atoms with van der Waals surface area (Å²) in [6, 6.07) is 14.1. The normalized spacial score (nSPS) is 10.4. The van der Waals surface area contributed by atoms with Crippen LogP contribution in [0.15, 0.2) is 53.4 Å². The SMILES string of the molecule is CNCc1ccc(SCC(=O)Nc2ccccc2F)cc1. The number of nitrogens with one attached hydrogen (secondary N) is 2. The van der Waals surface area contributed by atoms with Crippen molar-refractivity contribution in [1.29, 1.82) is 0 Å². The molecule has 0 atom stereocenters. The third-order valence-electron chi connectivity index (χ3n) is 2.82. The number of hydrogen-bond acceptors (Lipinski definition) is 3. The first-order chi connectivity index (χ1) is 10.2. The fourth-order valence-electron chi connectivity index (χ4n) is 1.81. The van der Waals surface area contributed by atoms with Crippen molar-refractivity contribution < 1.29 is 9.18 Å². The molecule has 0 saturated heterocycles. The van der Waals surface area contributed by atoms with Crippen LogP contribution in [0, 0.1) is 5.82 Å². The van der Waals surface area contributed by atoms with Crippen LogP contribution in [0.1, 0.15) is 5.56 Å². The highest BCUT2D eigenvalue weighted by molar-refractivity contribution is 8.00. The monoisotopic (exact) mass is 304 g/mol. The summed E-state index contributed by atoms with van der Waals surface area (Å²) in [5.41, 5.74) is 1.41. The number of halogens is 1. The molecule has 2 rings (SSSR count). The van der Waals surface area contributed by atoms with Crippen LogP contribution in [0.2, 0.25) is 0 Å². The summed E-state index contributed by atoms with van der Waals surface area (Å²) in [6.07, 6.45) is 0. The van der Waals surface area contributed by atoms with Gasteiger partial charge >= 0.3 is 0 Å². The van der Waals surface area contributed by atoms with Crippen LogP contribution in [-0.2, 0) is 11.3 Å². The van der Waals surface area contributed by atoms with Gasteiger partial charge in [0.2, 0.25) is 5.91 Å². The van der Waals surface area contributed by atoms with Crippen LogP contribution in [0.4, 0.5) is 10.1 Å². The van der Waals surface area contributed by atoms with Crippen molar-refractivity contribution >= 4 is 23.4 Å². The molecule has 0 fully saturated rings. The number of carbonyl (C=O) groups is 1. The smallest absolute Gasteiger partial charge is 0.234 e. The average molecular weight is 304 g/mol. The van der Waals surface area contributed by atoms with Gasteiger partial charge in [-0.3, -0.25) is 4.79 Å². The van der Waals surface area contributed by atoms with Gasteiger partial charge in [0, 0.05) is 11.4 Å². The van der Waals surface area contributed by atoms with E-state index in [0.29, 0.717) is 0 Å². The van der Waals surface area contributed by atoms with E-state index in [1.54, 1.807) is 18.2 Å². The van der Waals surface area contributed by atoms with Crippen LogP contribution in [0.3, 0.4) is 0 Å². The Labute approximate surface area is 127 Å². The molecular weight excluding hydrogens is 287 g/mol. The molecule has 2 aromatic carbocycles. The Morgan fingerprint density at radius 1 is 1.14 bits per heavy atom. The minimum absolute atomic E-state index is 0.215. The lowest BCUT2D eigenvalue weighted by Gasteiger charge is -2.06. The molecule has 0 bridgehead atoms. The first-order valence-corrected chi connectivity index (χ1v) is 7.58. The predicted molar refractivity (Wildman–Crippen MR) is 85.0 cm³/mol. The topological polar surface area (TPSA) is 41.1 Å². The van der Waals surface area contributed by atoms with Crippen molar-refractivity contribution in [1.82, 2.24) is 5.32 Å². The molecular formula is C16H17FN2OS. The molecule has 3 nitrogen and oxygen atoms in total. The molecule has 0 aromatic heterocycles. The van der Waals surface area contributed by atoms with Gasteiger partial charge in [-0.15, -0.1) is 11.8 Å². The lowest BCUT2D eigenvalue weighted by atomic mass is 10.2. The zero-order chi connectivity index (χ0) is 15.1. The fraction of sp³-hybridized carbons (Fsp3) is 0.188. The summed E-state index contributed by atoms with van der Waals surface area (Å²) < 4.78 is 13.4. The van der Waals surface area contributed by atoms with Gasteiger partial charge in [0.15, 0.2) is 0 Å². The van der Waals surface area contributed by atoms with Crippen LogP contribution < -0.4 is 10.6 Å². The maximum absolute atomic E-state index is 13.4. The van der Waals surface area contributed by atoms with Crippen molar-refractivity contribution in [3.05, 3.63) is 59.9 Å². The minimum Gasteiger partial charge on any atom is -0.323 e. The van der Waals surface area contributed by atoms with E-state index in [1.807, 2.05) is 31.3 Å². The molecule has 110 valence electrons. The molecule has 5 heteroatoms. The maximum atomic E-state index is 13.4. The van der Waals surface area contributed by atoms with Crippen LogP contribution >= 0.6 is 11.8 Å². The lowest BCUT2D eigenvalue weighted by Crippen LogP contribution is -2.14. The summed E-state index contributed by atoms with van der Waals surface area (Å²) in [7, 11) is 1.90. The van der Waals surface area contributed by atoms with E-state index in [0.717, 1.165) is 11.4 Å².